The maximum Gasteiger partial charge on any atom is 0.255 e. The molecule has 1 aromatic heterocycles. The average Bonchev–Trinajstić information content (AvgIpc) is 3.07. The number of halogens is 1. The lowest BCUT2D eigenvalue weighted by Gasteiger charge is -2.07. The summed E-state index contributed by atoms with van der Waals surface area (Å²) in [5, 5.41) is 2.92. The van der Waals surface area contributed by atoms with E-state index < -0.39 is 5.82 Å². The van der Waals surface area contributed by atoms with Crippen LogP contribution in [0.15, 0.2) is 6.20 Å². The zero-order valence-electron chi connectivity index (χ0n) is 9.37. The van der Waals surface area contributed by atoms with E-state index in [0.29, 0.717) is 19.1 Å². The molecule has 0 radical (unpaired) electrons. The molecule has 0 saturated heterocycles. The number of ether oxygens (including phenoxy) is 1. The Morgan fingerprint density at radius 3 is 3.06 bits per heavy atom. The first-order chi connectivity index (χ1) is 7.79. The molecular formula is C11H16FN3O. The van der Waals surface area contributed by atoms with Gasteiger partial charge in [0, 0.05) is 6.54 Å². The summed E-state index contributed by atoms with van der Waals surface area (Å²) in [5.41, 5.74) is 0. The lowest BCUT2D eigenvalue weighted by molar-refractivity contribution is 0.275. The Morgan fingerprint density at radius 2 is 2.38 bits per heavy atom. The van der Waals surface area contributed by atoms with Crippen LogP contribution in [0.2, 0.25) is 0 Å². The second-order valence-corrected chi connectivity index (χ2v) is 3.96. The molecule has 1 N–H and O–H groups in total. The fourth-order valence-electron chi connectivity index (χ4n) is 1.42. The Bertz CT molecular complexity index is 355. The van der Waals surface area contributed by atoms with Gasteiger partial charge in [0.2, 0.25) is 11.8 Å². The van der Waals surface area contributed by atoms with Crippen LogP contribution in [0.1, 0.15) is 26.2 Å². The molecule has 1 saturated carbocycles. The number of hydrogen-bond donors (Lipinski definition) is 1. The number of hydrogen-bond acceptors (Lipinski definition) is 4. The van der Waals surface area contributed by atoms with E-state index in [-0.39, 0.29) is 5.88 Å². The second-order valence-electron chi connectivity index (χ2n) is 3.96. The molecule has 88 valence electrons. The molecule has 0 spiro atoms. The van der Waals surface area contributed by atoms with Crippen molar-refractivity contribution in [2.24, 2.45) is 5.92 Å². The molecular weight excluding hydrogens is 209 g/mol. The average molecular weight is 225 g/mol. The van der Waals surface area contributed by atoms with E-state index in [1.807, 2.05) is 6.92 Å². The van der Waals surface area contributed by atoms with Crippen LogP contribution in [0.4, 0.5) is 10.3 Å². The number of aromatic nitrogens is 2. The second kappa shape index (κ2) is 5.09. The van der Waals surface area contributed by atoms with Gasteiger partial charge in [-0.2, -0.15) is 9.37 Å². The van der Waals surface area contributed by atoms with Crippen LogP contribution in [-0.4, -0.2) is 23.1 Å². The molecule has 0 unspecified atom stereocenters. The molecule has 16 heavy (non-hydrogen) atoms. The van der Waals surface area contributed by atoms with Crippen LogP contribution in [0.5, 0.6) is 5.88 Å². The third-order valence-electron chi connectivity index (χ3n) is 2.51. The van der Waals surface area contributed by atoms with Crippen molar-refractivity contribution < 1.29 is 9.13 Å². The van der Waals surface area contributed by atoms with E-state index in [9.17, 15) is 4.39 Å². The van der Waals surface area contributed by atoms with Gasteiger partial charge in [0.25, 0.3) is 5.88 Å². The molecule has 0 amide bonds. The standard InChI is InChI=1S/C11H16FN3O/c1-2-13-11-14-7-9(12)10(15-11)16-6-5-8-3-4-8/h7-8H,2-6H2,1H3,(H,13,14,15). The molecule has 0 atom stereocenters. The van der Waals surface area contributed by atoms with Crippen LogP contribution < -0.4 is 10.1 Å². The molecule has 4 nitrogen and oxygen atoms in total. The molecule has 1 aliphatic rings. The van der Waals surface area contributed by atoms with Crippen molar-refractivity contribution in [2.45, 2.75) is 26.2 Å². The number of nitrogens with zero attached hydrogens (tertiary/aromatic N) is 2. The van der Waals surface area contributed by atoms with Gasteiger partial charge in [-0.15, -0.1) is 0 Å². The molecule has 0 aromatic carbocycles. The molecule has 5 heteroatoms. The van der Waals surface area contributed by atoms with Gasteiger partial charge in [-0.3, -0.25) is 0 Å². The molecule has 1 aliphatic carbocycles. The Labute approximate surface area is 94.2 Å². The normalized spacial score (nSPS) is 14.9. The van der Waals surface area contributed by atoms with Gasteiger partial charge in [0.1, 0.15) is 0 Å². The summed E-state index contributed by atoms with van der Waals surface area (Å²) in [7, 11) is 0. The van der Waals surface area contributed by atoms with Crippen molar-refractivity contribution in [3.8, 4) is 5.88 Å². The highest BCUT2D eigenvalue weighted by Gasteiger charge is 2.21. The van der Waals surface area contributed by atoms with Crippen molar-refractivity contribution in [3.63, 3.8) is 0 Å². The third-order valence-corrected chi connectivity index (χ3v) is 2.51. The Balaban J connectivity index is 1.91. The minimum Gasteiger partial charge on any atom is -0.475 e. The predicted octanol–water partition coefficient (Wildman–Crippen LogP) is 2.23. The highest BCUT2D eigenvalue weighted by Crippen LogP contribution is 2.32. The summed E-state index contributed by atoms with van der Waals surface area (Å²) < 4.78 is 18.6. The van der Waals surface area contributed by atoms with Crippen molar-refractivity contribution in [1.82, 2.24) is 9.97 Å². The minimum absolute atomic E-state index is 0.0478. The number of nitrogens with one attached hydrogen (secondary N) is 1. The first-order valence-electron chi connectivity index (χ1n) is 5.68. The molecule has 1 heterocycles. The highest BCUT2D eigenvalue weighted by molar-refractivity contribution is 5.27. The van der Waals surface area contributed by atoms with E-state index in [4.69, 9.17) is 4.74 Å². The smallest absolute Gasteiger partial charge is 0.255 e. The lowest BCUT2D eigenvalue weighted by atomic mass is 10.3. The van der Waals surface area contributed by atoms with Gasteiger partial charge >= 0.3 is 0 Å². The predicted molar refractivity (Wildman–Crippen MR) is 59.0 cm³/mol. The Morgan fingerprint density at radius 1 is 1.56 bits per heavy atom. The van der Waals surface area contributed by atoms with Crippen LogP contribution >= 0.6 is 0 Å². The van der Waals surface area contributed by atoms with Gasteiger partial charge in [-0.1, -0.05) is 12.8 Å². The topological polar surface area (TPSA) is 47.0 Å². The molecule has 1 aromatic rings. The molecule has 0 aliphatic heterocycles. The summed E-state index contributed by atoms with van der Waals surface area (Å²) in [6.45, 7) is 3.16. The van der Waals surface area contributed by atoms with Gasteiger partial charge in [-0.05, 0) is 19.3 Å². The quantitative estimate of drug-likeness (QED) is 0.806. The highest BCUT2D eigenvalue weighted by atomic mass is 19.1. The van der Waals surface area contributed by atoms with E-state index >= 15 is 0 Å². The van der Waals surface area contributed by atoms with Gasteiger partial charge < -0.3 is 10.1 Å². The van der Waals surface area contributed by atoms with Crippen molar-refractivity contribution >= 4 is 5.95 Å². The fraction of sp³-hybridized carbons (Fsp3) is 0.636. The molecule has 0 bridgehead atoms. The van der Waals surface area contributed by atoms with Gasteiger partial charge in [0.05, 0.1) is 12.8 Å². The lowest BCUT2D eigenvalue weighted by Crippen LogP contribution is -2.07. The van der Waals surface area contributed by atoms with E-state index in [2.05, 4.69) is 15.3 Å². The fourth-order valence-corrected chi connectivity index (χ4v) is 1.42. The summed E-state index contributed by atoms with van der Waals surface area (Å²) in [5.74, 6) is 0.729. The number of anilines is 1. The van der Waals surface area contributed by atoms with Crippen molar-refractivity contribution in [2.75, 3.05) is 18.5 Å². The van der Waals surface area contributed by atoms with E-state index in [0.717, 1.165) is 18.5 Å². The maximum absolute atomic E-state index is 13.3. The van der Waals surface area contributed by atoms with Crippen LogP contribution in [0.3, 0.4) is 0 Å². The van der Waals surface area contributed by atoms with Crippen LogP contribution in [0, 0.1) is 11.7 Å². The summed E-state index contributed by atoms with van der Waals surface area (Å²) in [4.78, 5) is 7.77. The van der Waals surface area contributed by atoms with Gasteiger partial charge in [-0.25, -0.2) is 4.98 Å². The molecule has 2 rings (SSSR count). The zero-order valence-corrected chi connectivity index (χ0v) is 9.37. The first kappa shape index (κ1) is 11.1. The van der Waals surface area contributed by atoms with Crippen molar-refractivity contribution in [3.05, 3.63) is 12.0 Å². The Hall–Kier alpha value is -1.39. The third kappa shape index (κ3) is 3.05. The largest absolute Gasteiger partial charge is 0.475 e. The monoisotopic (exact) mass is 225 g/mol. The molecule has 1 fully saturated rings. The minimum atomic E-state index is -0.502. The Kier molecular flexibility index (Phi) is 3.54. The summed E-state index contributed by atoms with van der Waals surface area (Å²) in [6.07, 6.45) is 4.67. The number of rotatable bonds is 6. The van der Waals surface area contributed by atoms with E-state index in [1.54, 1.807) is 0 Å². The summed E-state index contributed by atoms with van der Waals surface area (Å²) >= 11 is 0. The first-order valence-corrected chi connectivity index (χ1v) is 5.68. The summed E-state index contributed by atoms with van der Waals surface area (Å²) in [6, 6.07) is 0. The van der Waals surface area contributed by atoms with E-state index in [1.165, 1.54) is 12.8 Å². The van der Waals surface area contributed by atoms with Crippen molar-refractivity contribution in [1.29, 1.82) is 0 Å². The SMILES string of the molecule is CCNc1ncc(F)c(OCCC2CC2)n1. The maximum atomic E-state index is 13.3. The van der Waals surface area contributed by atoms with Crippen LogP contribution in [-0.2, 0) is 0 Å². The van der Waals surface area contributed by atoms with Crippen LogP contribution in [0.25, 0.3) is 0 Å². The zero-order chi connectivity index (χ0) is 11.4. The van der Waals surface area contributed by atoms with Gasteiger partial charge in [0.15, 0.2) is 0 Å².